The number of rotatable bonds is 7. The molecule has 0 aromatic heterocycles. The Labute approximate surface area is 123 Å². The highest BCUT2D eigenvalue weighted by Gasteiger charge is 2.39. The Morgan fingerprint density at radius 2 is 1.85 bits per heavy atom. The minimum absolute atomic E-state index is 0.0660. The summed E-state index contributed by atoms with van der Waals surface area (Å²) < 4.78 is 6.25. The SMILES string of the molecule is CCOC1(C(CCc2ccccc2)NC)CCCCC1. The predicted molar refractivity (Wildman–Crippen MR) is 85.1 cm³/mol. The molecule has 112 valence electrons. The lowest BCUT2D eigenvalue weighted by Crippen LogP contribution is -2.53. The minimum atomic E-state index is 0.0660. The Balaban J connectivity index is 2.00. The molecule has 1 N–H and O–H groups in total. The van der Waals surface area contributed by atoms with Crippen LogP contribution >= 0.6 is 0 Å². The number of likely N-dealkylation sites (N-methyl/N-ethyl adjacent to an activating group) is 1. The molecular formula is C18H29NO. The zero-order chi connectivity index (χ0) is 14.3. The van der Waals surface area contributed by atoms with Crippen molar-refractivity contribution in [2.24, 2.45) is 0 Å². The zero-order valence-corrected chi connectivity index (χ0v) is 13.0. The van der Waals surface area contributed by atoms with E-state index in [0.717, 1.165) is 19.4 Å². The fourth-order valence-corrected chi connectivity index (χ4v) is 3.66. The molecule has 20 heavy (non-hydrogen) atoms. The van der Waals surface area contributed by atoms with Gasteiger partial charge in [-0.2, -0.15) is 0 Å². The van der Waals surface area contributed by atoms with Crippen molar-refractivity contribution in [3.8, 4) is 0 Å². The van der Waals surface area contributed by atoms with Gasteiger partial charge in [0.05, 0.1) is 5.60 Å². The molecule has 2 heteroatoms. The van der Waals surface area contributed by atoms with Crippen molar-refractivity contribution < 1.29 is 4.74 Å². The summed E-state index contributed by atoms with van der Waals surface area (Å²) >= 11 is 0. The Morgan fingerprint density at radius 1 is 1.15 bits per heavy atom. The van der Waals surface area contributed by atoms with Crippen LogP contribution in [0.15, 0.2) is 30.3 Å². The molecule has 1 aliphatic carbocycles. The number of nitrogens with one attached hydrogen (secondary N) is 1. The lowest BCUT2D eigenvalue weighted by Gasteiger charge is -2.43. The summed E-state index contributed by atoms with van der Waals surface area (Å²) in [5.41, 5.74) is 1.49. The molecule has 0 bridgehead atoms. The maximum Gasteiger partial charge on any atom is 0.0834 e. The molecule has 1 aliphatic rings. The Hall–Kier alpha value is -0.860. The molecule has 1 aromatic carbocycles. The van der Waals surface area contributed by atoms with Gasteiger partial charge in [-0.25, -0.2) is 0 Å². The van der Waals surface area contributed by atoms with Crippen LogP contribution in [0, 0.1) is 0 Å². The molecule has 2 rings (SSSR count). The summed E-state index contributed by atoms with van der Waals surface area (Å²) in [5, 5.41) is 3.54. The fourth-order valence-electron chi connectivity index (χ4n) is 3.66. The second-order valence-electron chi connectivity index (χ2n) is 5.92. The normalized spacial score (nSPS) is 19.7. The van der Waals surface area contributed by atoms with Crippen molar-refractivity contribution in [2.45, 2.75) is 63.5 Å². The van der Waals surface area contributed by atoms with Gasteiger partial charge in [-0.05, 0) is 45.2 Å². The molecule has 2 nitrogen and oxygen atoms in total. The van der Waals surface area contributed by atoms with E-state index in [0.29, 0.717) is 6.04 Å². The van der Waals surface area contributed by atoms with Crippen LogP contribution in [0.5, 0.6) is 0 Å². The van der Waals surface area contributed by atoms with E-state index in [1.54, 1.807) is 0 Å². The molecule has 1 saturated carbocycles. The van der Waals surface area contributed by atoms with Crippen LogP contribution in [-0.4, -0.2) is 25.3 Å². The molecule has 0 amide bonds. The second-order valence-corrected chi connectivity index (χ2v) is 5.92. The second kappa shape index (κ2) is 7.80. The summed E-state index contributed by atoms with van der Waals surface area (Å²) in [6, 6.07) is 11.2. The third-order valence-electron chi connectivity index (χ3n) is 4.68. The Kier molecular flexibility index (Phi) is 6.06. The molecule has 1 unspecified atom stereocenters. The van der Waals surface area contributed by atoms with Crippen LogP contribution in [0.3, 0.4) is 0 Å². The smallest absolute Gasteiger partial charge is 0.0834 e. The maximum absolute atomic E-state index is 6.25. The van der Waals surface area contributed by atoms with Gasteiger partial charge < -0.3 is 10.1 Å². The average molecular weight is 275 g/mol. The highest BCUT2D eigenvalue weighted by Crippen LogP contribution is 2.36. The first-order valence-electron chi connectivity index (χ1n) is 8.16. The van der Waals surface area contributed by atoms with Gasteiger partial charge in [-0.3, -0.25) is 0 Å². The fraction of sp³-hybridized carbons (Fsp3) is 0.667. The zero-order valence-electron chi connectivity index (χ0n) is 13.0. The van der Waals surface area contributed by atoms with E-state index in [2.05, 4.69) is 49.6 Å². The van der Waals surface area contributed by atoms with E-state index in [9.17, 15) is 0 Å². The minimum Gasteiger partial charge on any atom is -0.374 e. The number of ether oxygens (including phenoxy) is 1. The molecule has 1 fully saturated rings. The molecule has 0 saturated heterocycles. The molecule has 0 aliphatic heterocycles. The van der Waals surface area contributed by atoms with Crippen LogP contribution in [0.1, 0.15) is 51.0 Å². The summed E-state index contributed by atoms with van der Waals surface area (Å²) in [5.74, 6) is 0. The first kappa shape index (κ1) is 15.5. The number of hydrogen-bond acceptors (Lipinski definition) is 2. The van der Waals surface area contributed by atoms with Crippen LogP contribution in [0.25, 0.3) is 0 Å². The maximum atomic E-state index is 6.25. The van der Waals surface area contributed by atoms with Crippen molar-refractivity contribution in [3.05, 3.63) is 35.9 Å². The van der Waals surface area contributed by atoms with Crippen molar-refractivity contribution >= 4 is 0 Å². The quantitative estimate of drug-likeness (QED) is 0.813. The van der Waals surface area contributed by atoms with Gasteiger partial charge in [0, 0.05) is 12.6 Å². The third kappa shape index (κ3) is 3.83. The molecule has 0 heterocycles. The van der Waals surface area contributed by atoms with E-state index in [-0.39, 0.29) is 5.60 Å². The van der Waals surface area contributed by atoms with Crippen molar-refractivity contribution in [1.29, 1.82) is 0 Å². The Bertz CT molecular complexity index is 365. The molecule has 1 atom stereocenters. The third-order valence-corrected chi connectivity index (χ3v) is 4.68. The van der Waals surface area contributed by atoms with E-state index in [1.807, 2.05) is 0 Å². The van der Waals surface area contributed by atoms with Crippen molar-refractivity contribution in [2.75, 3.05) is 13.7 Å². The standard InChI is InChI=1S/C18H29NO/c1-3-20-18(14-8-5-9-15-18)17(19-2)13-12-16-10-6-4-7-11-16/h4,6-7,10-11,17,19H,3,5,8-9,12-15H2,1-2H3. The van der Waals surface area contributed by atoms with Crippen LogP contribution < -0.4 is 5.32 Å². The molecule has 0 spiro atoms. The van der Waals surface area contributed by atoms with Gasteiger partial charge in [0.15, 0.2) is 0 Å². The van der Waals surface area contributed by atoms with Crippen molar-refractivity contribution in [1.82, 2.24) is 5.32 Å². The molecule has 1 aromatic rings. The molecular weight excluding hydrogens is 246 g/mol. The van der Waals surface area contributed by atoms with E-state index < -0.39 is 0 Å². The van der Waals surface area contributed by atoms with E-state index in [4.69, 9.17) is 4.74 Å². The number of aryl methyl sites for hydroxylation is 1. The van der Waals surface area contributed by atoms with Gasteiger partial charge >= 0.3 is 0 Å². The largest absolute Gasteiger partial charge is 0.374 e. The van der Waals surface area contributed by atoms with Gasteiger partial charge in [0.25, 0.3) is 0 Å². The average Bonchev–Trinajstić information content (AvgIpc) is 2.50. The number of hydrogen-bond donors (Lipinski definition) is 1. The van der Waals surface area contributed by atoms with Crippen LogP contribution in [-0.2, 0) is 11.2 Å². The summed E-state index contributed by atoms with van der Waals surface area (Å²) in [7, 11) is 2.09. The summed E-state index contributed by atoms with van der Waals surface area (Å²) in [6.45, 7) is 2.95. The lowest BCUT2D eigenvalue weighted by molar-refractivity contribution is -0.0899. The first-order chi connectivity index (χ1) is 9.80. The van der Waals surface area contributed by atoms with Crippen LogP contribution in [0.4, 0.5) is 0 Å². The van der Waals surface area contributed by atoms with Gasteiger partial charge in [-0.15, -0.1) is 0 Å². The lowest BCUT2D eigenvalue weighted by atomic mass is 9.77. The van der Waals surface area contributed by atoms with Gasteiger partial charge in [0.1, 0.15) is 0 Å². The highest BCUT2D eigenvalue weighted by atomic mass is 16.5. The number of benzene rings is 1. The van der Waals surface area contributed by atoms with Crippen molar-refractivity contribution in [3.63, 3.8) is 0 Å². The Morgan fingerprint density at radius 3 is 2.45 bits per heavy atom. The van der Waals surface area contributed by atoms with Crippen LogP contribution in [0.2, 0.25) is 0 Å². The van der Waals surface area contributed by atoms with Gasteiger partial charge in [0.2, 0.25) is 0 Å². The monoisotopic (exact) mass is 275 g/mol. The topological polar surface area (TPSA) is 21.3 Å². The van der Waals surface area contributed by atoms with E-state index in [1.165, 1.54) is 37.7 Å². The molecule has 0 radical (unpaired) electrons. The van der Waals surface area contributed by atoms with E-state index >= 15 is 0 Å². The predicted octanol–water partition coefficient (Wildman–Crippen LogP) is 3.95. The first-order valence-corrected chi connectivity index (χ1v) is 8.16. The van der Waals surface area contributed by atoms with Gasteiger partial charge in [-0.1, -0.05) is 49.6 Å². The highest BCUT2D eigenvalue weighted by molar-refractivity contribution is 5.15. The summed E-state index contributed by atoms with van der Waals surface area (Å²) in [6.07, 6.45) is 8.68. The summed E-state index contributed by atoms with van der Waals surface area (Å²) in [4.78, 5) is 0.